The van der Waals surface area contributed by atoms with Crippen LogP contribution in [0, 0.1) is 13.8 Å². The molecular formula is C84H93Cl3N6O9. The Morgan fingerprint density at radius 2 is 0.618 bits per heavy atom. The van der Waals surface area contributed by atoms with Crippen molar-refractivity contribution < 1.29 is 79.8 Å². The van der Waals surface area contributed by atoms with E-state index < -0.39 is 11.9 Å². The van der Waals surface area contributed by atoms with Crippen LogP contribution in [-0.2, 0) is 4.74 Å². The Hall–Kier alpha value is -9.93. The van der Waals surface area contributed by atoms with Crippen molar-refractivity contribution in [2.24, 2.45) is 0 Å². The summed E-state index contributed by atoms with van der Waals surface area (Å²) in [4.78, 5) is 46.1. The van der Waals surface area contributed by atoms with E-state index in [9.17, 15) is 24.6 Å². The number of carbonyl (C=O) groups excluding carboxylic acids is 1. The van der Waals surface area contributed by atoms with Crippen molar-refractivity contribution in [3.8, 4) is 33.4 Å². The lowest BCUT2D eigenvalue weighted by molar-refractivity contribution is -0.00100. The Balaban J connectivity index is 0.000000211. The SMILES string of the molecule is CCN(CC)c1ccc2c(-c3ccccc3C(=O)O)c3ccc(N(CC)CC)cc3[o+]c2c1.CCN(CC)c1ccc2c(-c3ccccc3C(=O)O)c3ccc(N(CC)CC)cc3[o+]c2c1.CCNc1cc2[o+]c3cc(NCC)c(C)cc3c(-c3ccccc3C(=O)OCC)c2cc1C.[Cl-].[Cl-].[Cl-]. The fourth-order valence-corrected chi connectivity index (χ4v) is 13.6. The largest absolute Gasteiger partial charge is 1.00 e. The monoisotopic (exact) mass is 1430 g/mol. The number of halogens is 3. The van der Waals surface area contributed by atoms with E-state index in [0.29, 0.717) is 23.3 Å². The van der Waals surface area contributed by atoms with E-state index in [-0.39, 0.29) is 54.3 Å². The number of carbonyl (C=O) groups is 3. The maximum absolute atomic E-state index is 12.9. The lowest BCUT2D eigenvalue weighted by atomic mass is 9.91. The molecule has 0 amide bonds. The molecule has 0 saturated carbocycles. The van der Waals surface area contributed by atoms with E-state index in [1.165, 1.54) is 0 Å². The van der Waals surface area contributed by atoms with E-state index in [0.717, 1.165) is 199 Å². The van der Waals surface area contributed by atoms with Crippen LogP contribution >= 0.6 is 0 Å². The first-order valence-corrected chi connectivity index (χ1v) is 34.9. The van der Waals surface area contributed by atoms with Gasteiger partial charge in [-0.25, -0.2) is 27.6 Å². The number of fused-ring (bicyclic) bond motifs is 6. The van der Waals surface area contributed by atoms with Crippen molar-refractivity contribution in [2.45, 2.75) is 90.0 Å². The number of hydrogen-bond donors (Lipinski definition) is 4. The molecule has 534 valence electrons. The maximum Gasteiger partial charge on any atom is 0.363 e. The molecule has 4 N–H and O–H groups in total. The van der Waals surface area contributed by atoms with Crippen molar-refractivity contribution in [1.29, 1.82) is 0 Å². The molecule has 12 rings (SSSR count). The van der Waals surface area contributed by atoms with Crippen LogP contribution in [0.15, 0.2) is 183 Å². The smallest absolute Gasteiger partial charge is 0.363 e. The van der Waals surface area contributed by atoms with E-state index in [2.05, 4.69) is 210 Å². The van der Waals surface area contributed by atoms with Gasteiger partial charge in [0.25, 0.3) is 0 Å². The molecule has 0 unspecified atom stereocenters. The average molecular weight is 1440 g/mol. The van der Waals surface area contributed by atoms with Crippen LogP contribution in [0.3, 0.4) is 0 Å². The van der Waals surface area contributed by atoms with Gasteiger partial charge in [0.05, 0.1) is 92.0 Å². The van der Waals surface area contributed by atoms with E-state index in [4.69, 9.17) is 18.0 Å². The third-order valence-corrected chi connectivity index (χ3v) is 18.6. The number of carboxylic acid groups (broad SMARTS) is 2. The fraction of sp³-hybridized carbons (Fsp3) is 0.286. The predicted molar refractivity (Wildman–Crippen MR) is 413 cm³/mol. The molecule has 3 heterocycles. The maximum atomic E-state index is 12.9. The summed E-state index contributed by atoms with van der Waals surface area (Å²) in [5.74, 6) is -2.20. The molecule has 102 heavy (non-hydrogen) atoms. The molecule has 0 atom stereocenters. The number of carboxylic acids is 2. The van der Waals surface area contributed by atoms with Gasteiger partial charge in [0.15, 0.2) is 0 Å². The Morgan fingerprint density at radius 3 is 0.892 bits per heavy atom. The number of esters is 1. The molecule has 18 heteroatoms. The summed E-state index contributed by atoms with van der Waals surface area (Å²) in [6.07, 6.45) is 0. The third-order valence-electron chi connectivity index (χ3n) is 18.6. The van der Waals surface area contributed by atoms with Crippen molar-refractivity contribution >= 4 is 118 Å². The number of ether oxygens (including phenoxy) is 1. The average Bonchev–Trinajstić information content (AvgIpc) is 0.757. The molecule has 0 saturated heterocycles. The molecule has 0 spiro atoms. The van der Waals surface area contributed by atoms with Crippen LogP contribution < -0.4 is 67.5 Å². The molecule has 0 radical (unpaired) electrons. The van der Waals surface area contributed by atoms with Crippen LogP contribution in [0.5, 0.6) is 0 Å². The van der Waals surface area contributed by atoms with Crippen LogP contribution in [0.1, 0.15) is 118 Å². The minimum Gasteiger partial charge on any atom is -1.00 e. The molecule has 15 nitrogen and oxygen atoms in total. The Bertz CT molecular complexity index is 4540. The number of anilines is 6. The topological polar surface area (TPSA) is 172 Å². The minimum atomic E-state index is -0.938. The van der Waals surface area contributed by atoms with Gasteiger partial charge in [-0.3, -0.25) is 0 Å². The normalized spacial score (nSPS) is 10.8. The second kappa shape index (κ2) is 36.1. The van der Waals surface area contributed by atoms with Gasteiger partial charge in [-0.05, 0) is 197 Å². The molecule has 0 fully saturated rings. The quantitative estimate of drug-likeness (QED) is 0.0271. The Morgan fingerprint density at radius 1 is 0.353 bits per heavy atom. The van der Waals surface area contributed by atoms with Gasteiger partial charge in [0.2, 0.25) is 0 Å². The molecular weight excluding hydrogens is 1340 g/mol. The number of nitrogens with zero attached hydrogens (tertiary/aromatic N) is 4. The van der Waals surface area contributed by atoms with Gasteiger partial charge in [-0.1, -0.05) is 54.6 Å². The van der Waals surface area contributed by atoms with Crippen LogP contribution in [0.25, 0.3) is 99.2 Å². The van der Waals surface area contributed by atoms with E-state index in [1.54, 1.807) is 24.3 Å². The fourth-order valence-electron chi connectivity index (χ4n) is 13.6. The number of aromatic carboxylic acids is 2. The number of benzene rings is 9. The lowest BCUT2D eigenvalue weighted by Gasteiger charge is -2.21. The summed E-state index contributed by atoms with van der Waals surface area (Å²) in [7, 11) is 0. The number of nitrogens with one attached hydrogen (secondary N) is 2. The molecule has 9 aromatic carbocycles. The molecule has 0 aliphatic rings. The van der Waals surface area contributed by atoms with Gasteiger partial charge in [0, 0.05) is 116 Å². The van der Waals surface area contributed by atoms with Gasteiger partial charge < -0.3 is 82.4 Å². The Kier molecular flexibility index (Phi) is 28.1. The zero-order chi connectivity index (χ0) is 70.6. The van der Waals surface area contributed by atoms with Crippen LogP contribution in [0.2, 0.25) is 0 Å². The summed E-state index contributed by atoms with van der Waals surface area (Å²) in [5, 5.41) is 32.2. The zero-order valence-electron chi connectivity index (χ0n) is 60.6. The first kappa shape index (κ1) is 79.4. The van der Waals surface area contributed by atoms with Crippen molar-refractivity contribution in [3.63, 3.8) is 0 Å². The summed E-state index contributed by atoms with van der Waals surface area (Å²) in [5.41, 5.74) is 19.3. The molecule has 3 aromatic heterocycles. The predicted octanol–water partition coefficient (Wildman–Crippen LogP) is 12.1. The molecule has 0 aliphatic heterocycles. The highest BCUT2D eigenvalue weighted by atomic mass is 35.5. The standard InChI is InChI=1S/C28H31N2O3.2C28H30N2O3.3ClH/c1-6-29-23-15-25-21(13-17(23)4)27(19-11-9-10-12-20(19)28(31)32-8-3)22-14-18(5)24(30-7-2)16-26(22)33-25;2*1-5-29(6-2)19-13-15-23-25(17-19)33-26-18-20(30(7-3)8-4)14-16-24(26)27(23)21-11-9-10-12-22(21)28(31)32;;;/h9-16,29-30H,6-8H2,1-5H3;2*9-18H,5-8H2,1-4H3;3*1H/q+1;;;;;/p-1. The van der Waals surface area contributed by atoms with E-state index >= 15 is 0 Å². The van der Waals surface area contributed by atoms with Gasteiger partial charge >= 0.3 is 51.4 Å². The van der Waals surface area contributed by atoms with E-state index in [1.807, 2.05) is 55.5 Å². The summed E-state index contributed by atoms with van der Waals surface area (Å²) in [6.45, 7) is 36.4. The summed E-state index contributed by atoms with van der Waals surface area (Å²) < 4.78 is 24.8. The summed E-state index contributed by atoms with van der Waals surface area (Å²) in [6, 6.07) is 55.3. The summed E-state index contributed by atoms with van der Waals surface area (Å²) >= 11 is 0. The first-order chi connectivity index (χ1) is 48.0. The zero-order valence-corrected chi connectivity index (χ0v) is 62.9. The third kappa shape index (κ3) is 16.5. The lowest BCUT2D eigenvalue weighted by Crippen LogP contribution is -3.00. The molecule has 0 bridgehead atoms. The highest BCUT2D eigenvalue weighted by Gasteiger charge is 2.30. The molecule has 0 aliphatic carbocycles. The van der Waals surface area contributed by atoms with Crippen LogP contribution in [-0.4, -0.2) is 100 Å². The highest BCUT2D eigenvalue weighted by Crippen LogP contribution is 2.45. The van der Waals surface area contributed by atoms with Crippen molar-refractivity contribution in [1.82, 2.24) is 0 Å². The Labute approximate surface area is 617 Å². The number of aryl methyl sites for hydroxylation is 2. The second-order valence-corrected chi connectivity index (χ2v) is 24.2. The van der Waals surface area contributed by atoms with Gasteiger partial charge in [-0.2, -0.15) is 0 Å². The van der Waals surface area contributed by atoms with Gasteiger partial charge in [-0.15, -0.1) is 0 Å². The van der Waals surface area contributed by atoms with Crippen molar-refractivity contribution in [3.05, 3.63) is 198 Å². The minimum absolute atomic E-state index is 0. The van der Waals surface area contributed by atoms with Gasteiger partial charge in [0.1, 0.15) is 0 Å². The molecule has 12 aromatic rings. The second-order valence-electron chi connectivity index (χ2n) is 24.2. The van der Waals surface area contributed by atoms with Crippen LogP contribution in [0.4, 0.5) is 34.1 Å². The van der Waals surface area contributed by atoms with Crippen molar-refractivity contribution in [2.75, 3.05) is 102 Å². The highest BCUT2D eigenvalue weighted by molar-refractivity contribution is 6.16. The number of rotatable bonds is 23. The number of hydrogen-bond acceptors (Lipinski definition) is 10. The first-order valence-electron chi connectivity index (χ1n) is 34.9.